The van der Waals surface area contributed by atoms with Crippen LogP contribution in [0.2, 0.25) is 0 Å². The van der Waals surface area contributed by atoms with Crippen LogP contribution in [0, 0.1) is 17.7 Å². The fourth-order valence-corrected chi connectivity index (χ4v) is 5.57. The Kier molecular flexibility index (Phi) is 8.76. The molecule has 3 aliphatic rings. The zero-order valence-electron chi connectivity index (χ0n) is 23.6. The van der Waals surface area contributed by atoms with E-state index in [9.17, 15) is 38.7 Å². The van der Waals surface area contributed by atoms with Gasteiger partial charge in [0.05, 0.1) is 19.7 Å². The molecule has 1 saturated carbocycles. The van der Waals surface area contributed by atoms with Gasteiger partial charge in [-0.25, -0.2) is 18.8 Å². The van der Waals surface area contributed by atoms with E-state index in [0.717, 1.165) is 4.90 Å². The third kappa shape index (κ3) is 5.75. The summed E-state index contributed by atoms with van der Waals surface area (Å²) in [5.74, 6) is -4.48. The van der Waals surface area contributed by atoms with Crippen LogP contribution < -0.4 is 5.32 Å². The van der Waals surface area contributed by atoms with Gasteiger partial charge >= 0.3 is 18.2 Å². The van der Waals surface area contributed by atoms with E-state index in [4.69, 9.17) is 9.47 Å². The van der Waals surface area contributed by atoms with Crippen molar-refractivity contribution < 1.29 is 48.2 Å². The van der Waals surface area contributed by atoms with Crippen molar-refractivity contribution in [3.63, 3.8) is 0 Å². The molecular weight excluding hydrogens is 555 g/mol. The largest absolute Gasteiger partial charge is 0.479 e. The van der Waals surface area contributed by atoms with Gasteiger partial charge in [0.25, 0.3) is 0 Å². The van der Waals surface area contributed by atoms with Crippen LogP contribution in [0.25, 0.3) is 0 Å². The fraction of sp³-hybridized carbons (Fsp3) is 0.536. The number of carbonyl (C=O) groups is 5. The number of carbonyl (C=O) groups excluding carboxylic acids is 4. The molecule has 2 unspecified atom stereocenters. The molecule has 2 aliphatic heterocycles. The van der Waals surface area contributed by atoms with Gasteiger partial charge < -0.3 is 24.8 Å². The monoisotopic (exact) mass is 590 g/mol. The molecule has 2 fully saturated rings. The SMILES string of the molecule is C=C[C@@H]1CC1(NC(=O)[C@@H]1C[C@@H](OC(=O)N2Cc3cccc(F)c3C2)CN1C(=O)C(C(C)C)N(O)C(=O)OCC)C(=O)O. The van der Waals surface area contributed by atoms with Crippen molar-refractivity contribution in [1.82, 2.24) is 20.2 Å². The summed E-state index contributed by atoms with van der Waals surface area (Å²) in [4.78, 5) is 66.9. The Balaban J connectivity index is 1.55. The number of ether oxygens (including phenoxy) is 2. The highest BCUT2D eigenvalue weighted by atomic mass is 19.1. The highest BCUT2D eigenvalue weighted by Gasteiger charge is 2.61. The average molecular weight is 591 g/mol. The minimum Gasteiger partial charge on any atom is -0.479 e. The number of likely N-dealkylation sites (tertiary alicyclic amines) is 1. The zero-order chi connectivity index (χ0) is 30.9. The van der Waals surface area contributed by atoms with E-state index >= 15 is 0 Å². The van der Waals surface area contributed by atoms with Crippen LogP contribution in [0.15, 0.2) is 30.9 Å². The molecule has 0 bridgehead atoms. The first-order valence-electron chi connectivity index (χ1n) is 13.7. The van der Waals surface area contributed by atoms with Crippen LogP contribution in [-0.4, -0.2) is 92.0 Å². The number of nitrogens with zero attached hydrogens (tertiary/aromatic N) is 3. The predicted molar refractivity (Wildman–Crippen MR) is 142 cm³/mol. The summed E-state index contributed by atoms with van der Waals surface area (Å²) in [6, 6.07) is 1.79. The first kappa shape index (κ1) is 30.8. The molecule has 4 amide bonds. The number of hydrogen-bond acceptors (Lipinski definition) is 8. The maximum absolute atomic E-state index is 14.2. The van der Waals surface area contributed by atoms with Crippen molar-refractivity contribution in [1.29, 1.82) is 0 Å². The van der Waals surface area contributed by atoms with E-state index in [2.05, 4.69) is 11.9 Å². The van der Waals surface area contributed by atoms with Crippen molar-refractivity contribution in [2.75, 3.05) is 13.2 Å². The second-order valence-corrected chi connectivity index (χ2v) is 11.0. The lowest BCUT2D eigenvalue weighted by molar-refractivity contribution is -0.162. The number of benzene rings is 1. The van der Waals surface area contributed by atoms with Crippen molar-refractivity contribution >= 4 is 30.0 Å². The van der Waals surface area contributed by atoms with Crippen molar-refractivity contribution in [2.24, 2.45) is 11.8 Å². The summed E-state index contributed by atoms with van der Waals surface area (Å²) < 4.78 is 24.7. The number of halogens is 1. The highest BCUT2D eigenvalue weighted by Crippen LogP contribution is 2.45. The second-order valence-electron chi connectivity index (χ2n) is 11.0. The molecule has 13 nitrogen and oxygen atoms in total. The first-order chi connectivity index (χ1) is 19.8. The highest BCUT2D eigenvalue weighted by molar-refractivity contribution is 5.96. The molecule has 1 saturated heterocycles. The predicted octanol–water partition coefficient (Wildman–Crippen LogP) is 2.27. The van der Waals surface area contributed by atoms with Crippen LogP contribution in [0.4, 0.5) is 14.0 Å². The molecule has 5 atom stereocenters. The van der Waals surface area contributed by atoms with Gasteiger partial charge in [-0.2, -0.15) is 5.06 Å². The van der Waals surface area contributed by atoms with Gasteiger partial charge in [-0.15, -0.1) is 6.58 Å². The summed E-state index contributed by atoms with van der Waals surface area (Å²) in [7, 11) is 0. The molecule has 0 spiro atoms. The van der Waals surface area contributed by atoms with Crippen LogP contribution in [-0.2, 0) is 36.9 Å². The Morgan fingerprint density at radius 3 is 2.55 bits per heavy atom. The van der Waals surface area contributed by atoms with E-state index < -0.39 is 71.3 Å². The van der Waals surface area contributed by atoms with Gasteiger partial charge in [-0.1, -0.05) is 32.1 Å². The fourth-order valence-electron chi connectivity index (χ4n) is 5.57. The third-order valence-electron chi connectivity index (χ3n) is 7.93. The lowest BCUT2D eigenvalue weighted by Crippen LogP contribution is -2.57. The summed E-state index contributed by atoms with van der Waals surface area (Å²) in [5.41, 5.74) is -0.578. The third-order valence-corrected chi connectivity index (χ3v) is 7.93. The van der Waals surface area contributed by atoms with Crippen LogP contribution in [0.3, 0.4) is 0 Å². The number of rotatable bonds is 9. The van der Waals surface area contributed by atoms with Gasteiger partial charge in [-0.3, -0.25) is 19.7 Å². The van der Waals surface area contributed by atoms with Crippen LogP contribution >= 0.6 is 0 Å². The van der Waals surface area contributed by atoms with Gasteiger partial charge in [-0.05, 0) is 30.9 Å². The Morgan fingerprint density at radius 1 is 1.26 bits per heavy atom. The molecule has 1 aromatic rings. The summed E-state index contributed by atoms with van der Waals surface area (Å²) >= 11 is 0. The van der Waals surface area contributed by atoms with E-state index in [1.54, 1.807) is 26.0 Å². The normalized spacial score (nSPS) is 25.0. The number of carboxylic acid groups (broad SMARTS) is 1. The minimum absolute atomic E-state index is 0.0152. The van der Waals surface area contributed by atoms with Crippen LogP contribution in [0.5, 0.6) is 0 Å². The second kappa shape index (κ2) is 12.0. The molecule has 42 heavy (non-hydrogen) atoms. The Hall–Kier alpha value is -4.20. The molecule has 1 aromatic carbocycles. The smallest absolute Gasteiger partial charge is 0.434 e. The average Bonchev–Trinajstić information content (AvgIpc) is 3.25. The van der Waals surface area contributed by atoms with Crippen molar-refractivity contribution in [3.05, 3.63) is 47.8 Å². The standard InChI is InChI=1S/C28H35FN4O9/c1-5-17-11-28(17,25(36)37)30-23(34)21-10-18(42-26(38)31-12-16-8-7-9-20(29)19(16)14-31)13-32(21)24(35)22(15(3)4)33(40)27(39)41-6-2/h5,7-9,15,17-18,21-22,40H,1,6,10-14H2,2-4H3,(H,30,34)(H,36,37)/t17-,18-,21+,22?,28?/m1/s1. The summed E-state index contributed by atoms with van der Waals surface area (Å²) in [6.07, 6.45) is -1.58. The van der Waals surface area contributed by atoms with Crippen LogP contribution in [0.1, 0.15) is 44.7 Å². The molecule has 4 rings (SSSR count). The maximum atomic E-state index is 14.2. The molecule has 3 N–H and O–H groups in total. The Labute approximate surface area is 241 Å². The first-order valence-corrected chi connectivity index (χ1v) is 13.7. The molecule has 0 radical (unpaired) electrons. The molecular formula is C28H35FN4O9. The maximum Gasteiger partial charge on any atom is 0.434 e. The zero-order valence-corrected chi connectivity index (χ0v) is 23.6. The number of hydrogen-bond donors (Lipinski definition) is 3. The Morgan fingerprint density at radius 2 is 1.98 bits per heavy atom. The number of carboxylic acids is 1. The summed E-state index contributed by atoms with van der Waals surface area (Å²) in [6.45, 7) is 8.05. The van der Waals surface area contributed by atoms with Crippen molar-refractivity contribution in [3.8, 4) is 0 Å². The molecule has 14 heteroatoms. The number of hydroxylamine groups is 2. The van der Waals surface area contributed by atoms with Gasteiger partial charge in [0, 0.05) is 24.4 Å². The molecule has 1 aliphatic carbocycles. The molecule has 2 heterocycles. The lowest BCUT2D eigenvalue weighted by atomic mass is 10.0. The minimum atomic E-state index is -1.58. The lowest BCUT2D eigenvalue weighted by Gasteiger charge is -2.33. The number of nitrogens with one attached hydrogen (secondary N) is 1. The van der Waals surface area contributed by atoms with Gasteiger partial charge in [0.15, 0.2) is 0 Å². The number of amides is 4. The van der Waals surface area contributed by atoms with Crippen molar-refractivity contribution in [2.45, 2.75) is 70.4 Å². The van der Waals surface area contributed by atoms with Gasteiger partial charge in [0.2, 0.25) is 11.8 Å². The number of fused-ring (bicyclic) bond motifs is 1. The van der Waals surface area contributed by atoms with E-state index in [1.165, 1.54) is 24.0 Å². The quantitative estimate of drug-likeness (QED) is 0.222. The number of aliphatic carboxylic acids is 1. The topological polar surface area (TPSA) is 166 Å². The van der Waals surface area contributed by atoms with E-state index in [-0.39, 0.29) is 44.1 Å². The molecule has 0 aromatic heterocycles. The summed E-state index contributed by atoms with van der Waals surface area (Å²) in [5, 5.41) is 23.0. The van der Waals surface area contributed by atoms with E-state index in [1.807, 2.05) is 0 Å². The van der Waals surface area contributed by atoms with E-state index in [0.29, 0.717) is 11.1 Å². The Bertz CT molecular complexity index is 1290. The van der Waals surface area contributed by atoms with Gasteiger partial charge in [0.1, 0.15) is 29.5 Å². The molecule has 228 valence electrons.